The summed E-state index contributed by atoms with van der Waals surface area (Å²) in [4.78, 5) is 4.47. The molecule has 0 atom stereocenters. The second-order valence-corrected chi connectivity index (χ2v) is 4.39. The van der Waals surface area contributed by atoms with Gasteiger partial charge in [0.05, 0.1) is 29.2 Å². The zero-order valence-electron chi connectivity index (χ0n) is 9.49. The van der Waals surface area contributed by atoms with Crippen molar-refractivity contribution in [3.63, 3.8) is 0 Å². The van der Waals surface area contributed by atoms with Crippen LogP contribution in [-0.4, -0.2) is 24.4 Å². The molecule has 0 unspecified atom stereocenters. The summed E-state index contributed by atoms with van der Waals surface area (Å²) < 4.78 is 3.60. The predicted molar refractivity (Wildman–Crippen MR) is 67.2 cm³/mol. The quantitative estimate of drug-likeness (QED) is 0.767. The highest BCUT2D eigenvalue weighted by atomic mass is 35.5. The van der Waals surface area contributed by atoms with E-state index in [1.165, 1.54) is 0 Å². The summed E-state index contributed by atoms with van der Waals surface area (Å²) in [6.07, 6.45) is 5.56. The van der Waals surface area contributed by atoms with Crippen molar-refractivity contribution in [2.24, 2.45) is 5.73 Å². The third-order valence-electron chi connectivity index (χ3n) is 2.58. The van der Waals surface area contributed by atoms with E-state index in [-0.39, 0.29) is 0 Å². The van der Waals surface area contributed by atoms with Crippen LogP contribution >= 0.6 is 11.6 Å². The lowest BCUT2D eigenvalue weighted by Gasteiger charge is -1.93. The molecule has 0 bridgehead atoms. The van der Waals surface area contributed by atoms with Crippen LogP contribution in [0.3, 0.4) is 0 Å². The molecule has 0 aliphatic rings. The third-order valence-corrected chi connectivity index (χ3v) is 2.81. The van der Waals surface area contributed by atoms with Crippen LogP contribution in [-0.2, 0) is 13.1 Å². The normalized spacial score (nSPS) is 11.2. The lowest BCUT2D eigenvalue weighted by molar-refractivity contribution is 0.640. The third kappa shape index (κ3) is 2.07. The molecule has 3 rings (SSSR count). The molecule has 0 aliphatic heterocycles. The Morgan fingerprint density at radius 1 is 1.17 bits per heavy atom. The molecule has 18 heavy (non-hydrogen) atoms. The zero-order chi connectivity index (χ0) is 12.5. The number of nitrogens with zero attached hydrogens (tertiary/aromatic N) is 5. The largest absolute Gasteiger partial charge is 0.325 e. The molecule has 3 aromatic heterocycles. The van der Waals surface area contributed by atoms with Crippen molar-refractivity contribution in [2.75, 3.05) is 0 Å². The van der Waals surface area contributed by atoms with Crippen molar-refractivity contribution < 1.29 is 0 Å². The van der Waals surface area contributed by atoms with E-state index in [1.54, 1.807) is 4.68 Å². The van der Waals surface area contributed by atoms with Crippen molar-refractivity contribution >= 4 is 17.2 Å². The van der Waals surface area contributed by atoms with Crippen molar-refractivity contribution in [2.45, 2.75) is 13.1 Å². The van der Waals surface area contributed by atoms with Crippen LogP contribution < -0.4 is 5.73 Å². The van der Waals surface area contributed by atoms with Gasteiger partial charge >= 0.3 is 0 Å². The molecule has 0 amide bonds. The number of aromatic nitrogens is 5. The van der Waals surface area contributed by atoms with Gasteiger partial charge in [-0.05, 0) is 12.1 Å². The minimum absolute atomic E-state index is 0.390. The average molecular weight is 263 g/mol. The monoisotopic (exact) mass is 262 g/mol. The number of halogens is 1. The maximum atomic E-state index is 5.92. The fourth-order valence-corrected chi connectivity index (χ4v) is 1.94. The van der Waals surface area contributed by atoms with E-state index >= 15 is 0 Å². The average Bonchev–Trinajstić information content (AvgIpc) is 2.95. The lowest BCUT2D eigenvalue weighted by Crippen LogP contribution is -2.00. The topological polar surface area (TPSA) is 74.0 Å². The highest BCUT2D eigenvalue weighted by Crippen LogP contribution is 2.12. The SMILES string of the molecule is NCc1cn(Cc2cn3cc(Cl)ccc3n2)nn1. The highest BCUT2D eigenvalue weighted by Gasteiger charge is 2.04. The number of fused-ring (bicyclic) bond motifs is 1. The van der Waals surface area contributed by atoms with Gasteiger partial charge < -0.3 is 10.1 Å². The number of pyridine rings is 1. The van der Waals surface area contributed by atoms with Gasteiger partial charge in [-0.1, -0.05) is 16.8 Å². The van der Waals surface area contributed by atoms with Crippen molar-refractivity contribution in [3.8, 4) is 0 Å². The maximum Gasteiger partial charge on any atom is 0.137 e. The zero-order valence-corrected chi connectivity index (χ0v) is 10.2. The predicted octanol–water partition coefficient (Wildman–Crippen LogP) is 1.09. The summed E-state index contributed by atoms with van der Waals surface area (Å²) in [6, 6.07) is 3.69. The first-order valence-corrected chi connectivity index (χ1v) is 5.84. The molecule has 0 saturated heterocycles. The van der Waals surface area contributed by atoms with Crippen LogP contribution in [0.4, 0.5) is 0 Å². The van der Waals surface area contributed by atoms with Gasteiger partial charge in [-0.25, -0.2) is 9.67 Å². The Bertz CT molecular complexity index is 686. The Morgan fingerprint density at radius 3 is 2.83 bits per heavy atom. The van der Waals surface area contributed by atoms with Gasteiger partial charge in [0.1, 0.15) is 5.65 Å². The summed E-state index contributed by atoms with van der Waals surface area (Å²) >= 11 is 5.92. The number of rotatable bonds is 3. The molecule has 7 heteroatoms. The first-order valence-electron chi connectivity index (χ1n) is 5.47. The van der Waals surface area contributed by atoms with Crippen LogP contribution in [0.5, 0.6) is 0 Å². The number of hydrogen-bond acceptors (Lipinski definition) is 4. The summed E-state index contributed by atoms with van der Waals surface area (Å²) in [6.45, 7) is 0.951. The second-order valence-electron chi connectivity index (χ2n) is 3.96. The van der Waals surface area contributed by atoms with Crippen molar-refractivity contribution in [1.29, 1.82) is 0 Å². The van der Waals surface area contributed by atoms with Gasteiger partial charge in [-0.3, -0.25) is 0 Å². The molecule has 3 heterocycles. The number of imidazole rings is 1. The Labute approximate surface area is 108 Å². The van der Waals surface area contributed by atoms with Gasteiger partial charge in [-0.2, -0.15) is 0 Å². The van der Waals surface area contributed by atoms with Gasteiger partial charge in [0.25, 0.3) is 0 Å². The van der Waals surface area contributed by atoms with E-state index in [0.717, 1.165) is 17.0 Å². The van der Waals surface area contributed by atoms with Crippen LogP contribution in [0.1, 0.15) is 11.4 Å². The summed E-state index contributed by atoms with van der Waals surface area (Å²) in [5.41, 5.74) is 8.00. The molecule has 0 aliphatic carbocycles. The van der Waals surface area contributed by atoms with Gasteiger partial charge in [-0.15, -0.1) is 5.10 Å². The molecule has 92 valence electrons. The minimum atomic E-state index is 0.390. The van der Waals surface area contributed by atoms with E-state index in [0.29, 0.717) is 18.1 Å². The van der Waals surface area contributed by atoms with Crippen molar-refractivity contribution in [3.05, 3.63) is 47.1 Å². The first-order chi connectivity index (χ1) is 8.74. The molecule has 0 saturated carbocycles. The van der Waals surface area contributed by atoms with E-state index in [4.69, 9.17) is 17.3 Å². The Balaban J connectivity index is 1.90. The summed E-state index contributed by atoms with van der Waals surface area (Å²) in [5, 5.41) is 8.59. The van der Waals surface area contributed by atoms with E-state index in [1.807, 2.05) is 35.1 Å². The fourth-order valence-electron chi connectivity index (χ4n) is 1.77. The Hall–Kier alpha value is -1.92. The first kappa shape index (κ1) is 11.2. The maximum absolute atomic E-state index is 5.92. The summed E-state index contributed by atoms with van der Waals surface area (Å²) in [7, 11) is 0. The molecule has 3 aromatic rings. The second kappa shape index (κ2) is 4.40. The van der Waals surface area contributed by atoms with Crippen LogP contribution in [0.2, 0.25) is 5.02 Å². The summed E-state index contributed by atoms with van der Waals surface area (Å²) in [5.74, 6) is 0. The molecule has 6 nitrogen and oxygen atoms in total. The van der Waals surface area contributed by atoms with Gasteiger partial charge in [0, 0.05) is 18.9 Å². The molecule has 0 fully saturated rings. The van der Waals surface area contributed by atoms with Gasteiger partial charge in [0.15, 0.2) is 0 Å². The minimum Gasteiger partial charge on any atom is -0.325 e. The Kier molecular flexibility index (Phi) is 2.73. The molecule has 2 N–H and O–H groups in total. The molecule has 0 spiro atoms. The van der Waals surface area contributed by atoms with Crippen LogP contribution in [0.15, 0.2) is 30.7 Å². The molecule has 0 aromatic carbocycles. The Morgan fingerprint density at radius 2 is 2.06 bits per heavy atom. The van der Waals surface area contributed by atoms with Crippen molar-refractivity contribution in [1.82, 2.24) is 24.4 Å². The smallest absolute Gasteiger partial charge is 0.137 e. The number of hydrogen-bond donors (Lipinski definition) is 1. The highest BCUT2D eigenvalue weighted by molar-refractivity contribution is 6.30. The fraction of sp³-hybridized carbons (Fsp3) is 0.182. The van der Waals surface area contributed by atoms with Crippen LogP contribution in [0, 0.1) is 0 Å². The van der Waals surface area contributed by atoms with E-state index in [9.17, 15) is 0 Å². The van der Waals surface area contributed by atoms with E-state index < -0.39 is 0 Å². The molecular weight excluding hydrogens is 252 g/mol. The lowest BCUT2D eigenvalue weighted by atomic mass is 10.4. The molecular formula is C11H11ClN6. The number of nitrogens with two attached hydrogens (primary N) is 1. The standard InChI is InChI=1S/C11H11ClN6/c12-8-1-2-11-14-10(5-17(11)4-8)7-18-6-9(3-13)15-16-18/h1-2,4-6H,3,7,13H2. The van der Waals surface area contributed by atoms with E-state index in [2.05, 4.69) is 15.3 Å². The van der Waals surface area contributed by atoms with Crippen LogP contribution in [0.25, 0.3) is 5.65 Å². The molecule has 0 radical (unpaired) electrons. The van der Waals surface area contributed by atoms with Gasteiger partial charge in [0.2, 0.25) is 0 Å².